The Balaban J connectivity index is 2.47. The molecule has 2 N–H and O–H groups in total. The number of nitrogens with one attached hydrogen (secondary N) is 1. The third kappa shape index (κ3) is 3.89. The van der Waals surface area contributed by atoms with E-state index in [1.165, 1.54) is 18.2 Å². The van der Waals surface area contributed by atoms with Crippen molar-refractivity contribution >= 4 is 17.3 Å². The minimum absolute atomic E-state index is 0.132. The zero-order valence-corrected chi connectivity index (χ0v) is 12.2. The van der Waals surface area contributed by atoms with Crippen molar-refractivity contribution in [2.45, 2.75) is 12.6 Å². The van der Waals surface area contributed by atoms with Crippen LogP contribution in [0.1, 0.15) is 21.6 Å². The van der Waals surface area contributed by atoms with Gasteiger partial charge < -0.3 is 10.4 Å². The van der Waals surface area contributed by atoms with Crippen LogP contribution in [0, 0.1) is 5.82 Å². The van der Waals surface area contributed by atoms with E-state index in [-0.39, 0.29) is 12.1 Å². The summed E-state index contributed by atoms with van der Waals surface area (Å²) in [6.45, 7) is 3.54. The third-order valence-electron chi connectivity index (χ3n) is 3.13. The molecule has 1 aromatic carbocycles. The quantitative estimate of drug-likeness (QED) is 0.625. The second-order valence-electron chi connectivity index (χ2n) is 4.84. The number of hydrogen-bond donors (Lipinski definition) is 2. The van der Waals surface area contributed by atoms with E-state index < -0.39 is 29.2 Å². The highest BCUT2D eigenvalue weighted by Crippen LogP contribution is 2.31. The van der Waals surface area contributed by atoms with Crippen LogP contribution in [-0.4, -0.2) is 16.1 Å². The van der Waals surface area contributed by atoms with E-state index in [1.54, 1.807) is 0 Å². The van der Waals surface area contributed by atoms with Crippen LogP contribution in [-0.2, 0) is 12.6 Å². The van der Waals surface area contributed by atoms with Gasteiger partial charge in [0.2, 0.25) is 0 Å². The number of halogens is 4. The summed E-state index contributed by atoms with van der Waals surface area (Å²) in [5.74, 6) is -2.04. The molecular formula is C16H12F4N2O2. The largest absolute Gasteiger partial charge is 0.478 e. The number of anilines is 2. The van der Waals surface area contributed by atoms with Crippen LogP contribution < -0.4 is 5.32 Å². The van der Waals surface area contributed by atoms with Gasteiger partial charge >= 0.3 is 12.1 Å². The first kappa shape index (κ1) is 17.5. The molecule has 0 amide bonds. The molecule has 8 heteroatoms. The van der Waals surface area contributed by atoms with Gasteiger partial charge in [-0.2, -0.15) is 13.2 Å². The number of carboxylic acids is 1. The average Bonchev–Trinajstić information content (AvgIpc) is 2.49. The van der Waals surface area contributed by atoms with E-state index in [9.17, 15) is 22.4 Å². The van der Waals surface area contributed by atoms with Crippen LogP contribution in [0.2, 0.25) is 0 Å². The first-order valence-corrected chi connectivity index (χ1v) is 6.69. The van der Waals surface area contributed by atoms with Gasteiger partial charge in [-0.3, -0.25) is 0 Å². The van der Waals surface area contributed by atoms with Crippen LogP contribution in [0.15, 0.2) is 43.1 Å². The molecule has 0 aliphatic rings. The molecule has 0 unspecified atom stereocenters. The van der Waals surface area contributed by atoms with Crippen molar-refractivity contribution in [1.29, 1.82) is 0 Å². The van der Waals surface area contributed by atoms with Crippen LogP contribution in [0.5, 0.6) is 0 Å². The number of rotatable bonds is 5. The van der Waals surface area contributed by atoms with Gasteiger partial charge in [-0.25, -0.2) is 14.2 Å². The lowest BCUT2D eigenvalue weighted by Crippen LogP contribution is -2.12. The minimum Gasteiger partial charge on any atom is -0.478 e. The van der Waals surface area contributed by atoms with Crippen molar-refractivity contribution in [3.8, 4) is 0 Å². The normalized spacial score (nSPS) is 11.2. The molecule has 0 saturated heterocycles. The van der Waals surface area contributed by atoms with Crippen molar-refractivity contribution < 1.29 is 27.5 Å². The summed E-state index contributed by atoms with van der Waals surface area (Å²) in [7, 11) is 0. The predicted octanol–water partition coefficient (Wildman–Crippen LogP) is 4.41. The molecule has 1 aromatic heterocycles. The van der Waals surface area contributed by atoms with Crippen molar-refractivity contribution in [2.75, 3.05) is 5.32 Å². The summed E-state index contributed by atoms with van der Waals surface area (Å²) in [5.41, 5.74) is -1.21. The van der Waals surface area contributed by atoms with Crippen molar-refractivity contribution in [3.63, 3.8) is 0 Å². The van der Waals surface area contributed by atoms with E-state index in [2.05, 4.69) is 16.9 Å². The molecule has 4 nitrogen and oxygen atoms in total. The summed E-state index contributed by atoms with van der Waals surface area (Å²) in [6.07, 6.45) is -2.17. The number of aromatic carboxylic acids is 1. The fourth-order valence-electron chi connectivity index (χ4n) is 2.04. The molecule has 0 radical (unpaired) electrons. The molecule has 2 aromatic rings. The Labute approximate surface area is 134 Å². The highest BCUT2D eigenvalue weighted by molar-refractivity contribution is 5.95. The first-order valence-electron chi connectivity index (χ1n) is 6.69. The number of aromatic nitrogens is 1. The average molecular weight is 340 g/mol. The van der Waals surface area contributed by atoms with E-state index in [0.717, 1.165) is 12.3 Å². The number of alkyl halides is 3. The van der Waals surface area contributed by atoms with E-state index in [1.807, 2.05) is 0 Å². The van der Waals surface area contributed by atoms with Crippen LogP contribution >= 0.6 is 0 Å². The van der Waals surface area contributed by atoms with Crippen molar-refractivity contribution in [3.05, 3.63) is 65.8 Å². The molecule has 0 saturated carbocycles. The van der Waals surface area contributed by atoms with Crippen molar-refractivity contribution in [2.24, 2.45) is 0 Å². The molecule has 0 aliphatic carbocycles. The highest BCUT2D eigenvalue weighted by Gasteiger charge is 2.33. The lowest BCUT2D eigenvalue weighted by molar-refractivity contribution is -0.141. The van der Waals surface area contributed by atoms with Gasteiger partial charge in [0, 0.05) is 5.69 Å². The number of allylic oxidation sites excluding steroid dienone is 1. The molecular weight excluding hydrogens is 328 g/mol. The smallest absolute Gasteiger partial charge is 0.433 e. The monoisotopic (exact) mass is 340 g/mol. The van der Waals surface area contributed by atoms with E-state index >= 15 is 0 Å². The molecule has 126 valence electrons. The Morgan fingerprint density at radius 1 is 1.29 bits per heavy atom. The number of carbonyl (C=O) groups is 1. The Kier molecular flexibility index (Phi) is 4.87. The van der Waals surface area contributed by atoms with E-state index in [4.69, 9.17) is 5.11 Å². The van der Waals surface area contributed by atoms with Crippen LogP contribution in [0.3, 0.4) is 0 Å². The molecule has 1 heterocycles. The molecule has 24 heavy (non-hydrogen) atoms. The van der Waals surface area contributed by atoms with Crippen molar-refractivity contribution in [1.82, 2.24) is 4.98 Å². The third-order valence-corrected chi connectivity index (χ3v) is 3.13. The number of carboxylic acid groups (broad SMARTS) is 1. The molecule has 2 rings (SSSR count). The van der Waals surface area contributed by atoms with Gasteiger partial charge in [0.1, 0.15) is 11.5 Å². The van der Waals surface area contributed by atoms with Crippen LogP contribution in [0.4, 0.5) is 28.9 Å². The van der Waals surface area contributed by atoms with Gasteiger partial charge in [-0.15, -0.1) is 6.58 Å². The standard InChI is InChI=1S/C16H12F4N2O2/c1-2-3-9-6-10(17)4-5-12(9)22-13-8-21-14(16(18,19)20)7-11(13)15(23)24/h2,4-8,22H,1,3H2,(H,23,24). The number of benzene rings is 1. The summed E-state index contributed by atoms with van der Waals surface area (Å²) >= 11 is 0. The lowest BCUT2D eigenvalue weighted by atomic mass is 10.1. The highest BCUT2D eigenvalue weighted by atomic mass is 19.4. The zero-order valence-electron chi connectivity index (χ0n) is 12.2. The van der Waals surface area contributed by atoms with Crippen LogP contribution in [0.25, 0.3) is 0 Å². The summed E-state index contributed by atoms with van der Waals surface area (Å²) in [5, 5.41) is 11.8. The fourth-order valence-corrected chi connectivity index (χ4v) is 2.04. The Morgan fingerprint density at radius 2 is 2.00 bits per heavy atom. The first-order chi connectivity index (χ1) is 11.2. The lowest BCUT2D eigenvalue weighted by Gasteiger charge is -2.14. The predicted molar refractivity (Wildman–Crippen MR) is 79.8 cm³/mol. The maximum atomic E-state index is 13.3. The van der Waals surface area contributed by atoms with E-state index in [0.29, 0.717) is 17.3 Å². The summed E-state index contributed by atoms with van der Waals surface area (Å²) < 4.78 is 51.3. The number of hydrogen-bond acceptors (Lipinski definition) is 3. The maximum absolute atomic E-state index is 13.3. The number of nitrogens with zero attached hydrogens (tertiary/aromatic N) is 1. The maximum Gasteiger partial charge on any atom is 0.433 e. The zero-order chi connectivity index (χ0) is 17.9. The Hall–Kier alpha value is -2.90. The molecule has 0 bridgehead atoms. The summed E-state index contributed by atoms with van der Waals surface area (Å²) in [6, 6.07) is 4.17. The summed E-state index contributed by atoms with van der Waals surface area (Å²) in [4.78, 5) is 14.5. The fraction of sp³-hybridized carbons (Fsp3) is 0.125. The molecule has 0 aliphatic heterocycles. The Bertz CT molecular complexity index is 788. The number of pyridine rings is 1. The van der Waals surface area contributed by atoms with Gasteiger partial charge in [0.05, 0.1) is 17.4 Å². The van der Waals surface area contributed by atoms with Gasteiger partial charge in [0.15, 0.2) is 0 Å². The topological polar surface area (TPSA) is 62.2 Å². The SMILES string of the molecule is C=CCc1cc(F)ccc1Nc1cnc(C(F)(F)F)cc1C(=O)O. The molecule has 0 spiro atoms. The second kappa shape index (κ2) is 6.69. The Morgan fingerprint density at radius 3 is 2.58 bits per heavy atom. The minimum atomic E-state index is -4.76. The molecule has 0 atom stereocenters. The second-order valence-corrected chi connectivity index (χ2v) is 4.84. The van der Waals surface area contributed by atoms with Gasteiger partial charge in [0.25, 0.3) is 0 Å². The van der Waals surface area contributed by atoms with Gasteiger partial charge in [-0.05, 0) is 36.2 Å². The molecule has 0 fully saturated rings. The van der Waals surface area contributed by atoms with Gasteiger partial charge in [-0.1, -0.05) is 6.08 Å².